The van der Waals surface area contributed by atoms with Gasteiger partial charge in [0, 0.05) is 6.04 Å². The lowest BCUT2D eigenvalue weighted by Crippen LogP contribution is -2.57. The van der Waals surface area contributed by atoms with Crippen LogP contribution in [0.25, 0.3) is 0 Å². The Morgan fingerprint density at radius 3 is 2.33 bits per heavy atom. The first kappa shape index (κ1) is 13.4. The van der Waals surface area contributed by atoms with Crippen molar-refractivity contribution in [3.8, 4) is 0 Å². The molecule has 4 heteroatoms. The molecule has 2 aliphatic rings. The molecule has 4 nitrogen and oxygen atoms in total. The molecule has 0 bridgehead atoms. The number of hydrogen-bond acceptors (Lipinski definition) is 2. The van der Waals surface area contributed by atoms with E-state index in [1.165, 1.54) is 6.42 Å². The second-order valence-electron chi connectivity index (χ2n) is 5.81. The third-order valence-corrected chi connectivity index (χ3v) is 4.58. The first-order chi connectivity index (χ1) is 8.64. The highest BCUT2D eigenvalue weighted by molar-refractivity contribution is 5.82. The molecule has 0 aliphatic heterocycles. The Kier molecular flexibility index (Phi) is 3.93. The van der Waals surface area contributed by atoms with Gasteiger partial charge in [0.1, 0.15) is 5.54 Å². The van der Waals surface area contributed by atoms with Crippen LogP contribution >= 0.6 is 0 Å². The average Bonchev–Trinajstić information content (AvgIpc) is 3.17. The van der Waals surface area contributed by atoms with Crippen molar-refractivity contribution in [2.24, 2.45) is 5.92 Å². The highest BCUT2D eigenvalue weighted by atomic mass is 16.4. The van der Waals surface area contributed by atoms with Crippen molar-refractivity contribution in [1.82, 2.24) is 4.90 Å². The third-order valence-electron chi connectivity index (χ3n) is 4.58. The summed E-state index contributed by atoms with van der Waals surface area (Å²) in [6.45, 7) is 2.17. The molecule has 0 aromatic heterocycles. The van der Waals surface area contributed by atoms with Crippen LogP contribution < -0.4 is 0 Å². The van der Waals surface area contributed by atoms with Gasteiger partial charge < -0.3 is 10.0 Å². The zero-order valence-corrected chi connectivity index (χ0v) is 11.1. The summed E-state index contributed by atoms with van der Waals surface area (Å²) in [5.41, 5.74) is -0.910. The number of aliphatic carboxylic acids is 1. The van der Waals surface area contributed by atoms with Crippen molar-refractivity contribution in [1.29, 1.82) is 0 Å². The fourth-order valence-corrected chi connectivity index (χ4v) is 3.32. The second kappa shape index (κ2) is 5.29. The first-order valence-electron chi connectivity index (χ1n) is 7.11. The molecule has 0 radical (unpaired) electrons. The van der Waals surface area contributed by atoms with Gasteiger partial charge >= 0.3 is 5.97 Å². The topological polar surface area (TPSA) is 57.6 Å². The van der Waals surface area contributed by atoms with Crippen LogP contribution in [0.2, 0.25) is 0 Å². The van der Waals surface area contributed by atoms with Gasteiger partial charge in [-0.05, 0) is 44.4 Å². The molecule has 2 aliphatic carbocycles. The maximum atomic E-state index is 11.7. The molecule has 1 amide bonds. The lowest BCUT2D eigenvalue weighted by Gasteiger charge is -2.43. The summed E-state index contributed by atoms with van der Waals surface area (Å²) in [6, 6.07) is 0.182. The van der Waals surface area contributed by atoms with E-state index in [0.29, 0.717) is 18.8 Å². The minimum absolute atomic E-state index is 0.182. The molecule has 0 heterocycles. The Morgan fingerprint density at radius 2 is 1.94 bits per heavy atom. The molecule has 0 atom stereocenters. The normalized spacial score (nSPS) is 31.9. The van der Waals surface area contributed by atoms with E-state index in [0.717, 1.165) is 38.5 Å². The number of carboxylic acids is 1. The van der Waals surface area contributed by atoms with Gasteiger partial charge in [-0.15, -0.1) is 0 Å². The highest BCUT2D eigenvalue weighted by Gasteiger charge is 2.50. The van der Waals surface area contributed by atoms with Gasteiger partial charge in [0.05, 0.1) is 0 Å². The lowest BCUT2D eigenvalue weighted by molar-refractivity contribution is -0.159. The minimum atomic E-state index is -0.910. The van der Waals surface area contributed by atoms with Gasteiger partial charge in [-0.25, -0.2) is 4.79 Å². The second-order valence-corrected chi connectivity index (χ2v) is 5.81. The van der Waals surface area contributed by atoms with Crippen molar-refractivity contribution in [3.63, 3.8) is 0 Å². The molecule has 0 saturated heterocycles. The molecular formula is C14H23NO3. The van der Waals surface area contributed by atoms with Crippen LogP contribution in [0.1, 0.15) is 58.3 Å². The van der Waals surface area contributed by atoms with Gasteiger partial charge in [0.25, 0.3) is 0 Å². The molecule has 2 rings (SSSR count). The maximum Gasteiger partial charge on any atom is 0.329 e. The van der Waals surface area contributed by atoms with E-state index in [9.17, 15) is 14.7 Å². The van der Waals surface area contributed by atoms with Crippen LogP contribution in [0.4, 0.5) is 0 Å². The molecule has 2 fully saturated rings. The number of carbonyl (C=O) groups is 2. The Hall–Kier alpha value is -1.06. The predicted molar refractivity (Wildman–Crippen MR) is 68.2 cm³/mol. The first-order valence-corrected chi connectivity index (χ1v) is 7.11. The smallest absolute Gasteiger partial charge is 0.329 e. The Balaban J connectivity index is 2.09. The fourth-order valence-electron chi connectivity index (χ4n) is 3.32. The largest absolute Gasteiger partial charge is 0.479 e. The summed E-state index contributed by atoms with van der Waals surface area (Å²) >= 11 is 0. The van der Waals surface area contributed by atoms with Gasteiger partial charge in [-0.1, -0.05) is 19.8 Å². The van der Waals surface area contributed by atoms with E-state index >= 15 is 0 Å². The van der Waals surface area contributed by atoms with E-state index in [1.54, 1.807) is 4.90 Å². The highest BCUT2D eigenvalue weighted by Crippen LogP contribution is 2.42. The molecule has 102 valence electrons. The molecule has 0 aromatic rings. The third kappa shape index (κ3) is 2.38. The van der Waals surface area contributed by atoms with E-state index in [2.05, 4.69) is 6.92 Å². The van der Waals surface area contributed by atoms with Gasteiger partial charge in [-0.2, -0.15) is 0 Å². The zero-order chi connectivity index (χ0) is 13.2. The minimum Gasteiger partial charge on any atom is -0.479 e. The number of amides is 1. The molecule has 0 spiro atoms. The van der Waals surface area contributed by atoms with Crippen LogP contribution in [-0.4, -0.2) is 34.0 Å². The number of nitrogens with zero attached hydrogens (tertiary/aromatic N) is 1. The molecule has 2 saturated carbocycles. The standard InChI is InChI=1S/C14H23NO3/c1-2-3-11-6-8-14(9-7-11,13(17)18)15(10-16)12-4-5-12/h10-12H,2-9H2,1H3,(H,17,18). The van der Waals surface area contributed by atoms with Crippen molar-refractivity contribution >= 4 is 12.4 Å². The van der Waals surface area contributed by atoms with Crippen molar-refractivity contribution in [2.75, 3.05) is 0 Å². The van der Waals surface area contributed by atoms with E-state index < -0.39 is 11.5 Å². The molecule has 18 heavy (non-hydrogen) atoms. The summed E-state index contributed by atoms with van der Waals surface area (Å²) in [6.07, 6.45) is 8.17. The molecule has 0 unspecified atom stereocenters. The summed E-state index contributed by atoms with van der Waals surface area (Å²) in [4.78, 5) is 24.5. The monoisotopic (exact) mass is 253 g/mol. The Labute approximate surface area is 108 Å². The number of hydrogen-bond donors (Lipinski definition) is 1. The van der Waals surface area contributed by atoms with Crippen LogP contribution in [0.15, 0.2) is 0 Å². The van der Waals surface area contributed by atoms with Crippen LogP contribution in [0.3, 0.4) is 0 Å². The van der Waals surface area contributed by atoms with Crippen LogP contribution in [-0.2, 0) is 9.59 Å². The van der Waals surface area contributed by atoms with Gasteiger partial charge in [0.15, 0.2) is 0 Å². The van der Waals surface area contributed by atoms with Gasteiger partial charge in [0.2, 0.25) is 6.41 Å². The summed E-state index contributed by atoms with van der Waals surface area (Å²) in [5, 5.41) is 9.58. The number of carboxylic acid groups (broad SMARTS) is 1. The quantitative estimate of drug-likeness (QED) is 0.740. The van der Waals surface area contributed by atoms with Crippen LogP contribution in [0.5, 0.6) is 0 Å². The Bertz CT molecular complexity index is 317. The number of carbonyl (C=O) groups excluding carboxylic acids is 1. The number of rotatable bonds is 6. The molecule has 1 N–H and O–H groups in total. The van der Waals surface area contributed by atoms with E-state index in [4.69, 9.17) is 0 Å². The fraction of sp³-hybridized carbons (Fsp3) is 0.857. The summed E-state index contributed by atoms with van der Waals surface area (Å²) in [7, 11) is 0. The summed E-state index contributed by atoms with van der Waals surface area (Å²) in [5.74, 6) is -0.161. The van der Waals surface area contributed by atoms with Crippen molar-refractivity contribution in [3.05, 3.63) is 0 Å². The molecular weight excluding hydrogens is 230 g/mol. The van der Waals surface area contributed by atoms with Gasteiger partial charge in [-0.3, -0.25) is 4.79 Å². The van der Waals surface area contributed by atoms with Crippen molar-refractivity contribution in [2.45, 2.75) is 69.9 Å². The lowest BCUT2D eigenvalue weighted by atomic mass is 9.74. The summed E-state index contributed by atoms with van der Waals surface area (Å²) < 4.78 is 0. The Morgan fingerprint density at radius 1 is 1.33 bits per heavy atom. The molecule has 0 aromatic carbocycles. The van der Waals surface area contributed by atoms with E-state index in [-0.39, 0.29) is 6.04 Å². The van der Waals surface area contributed by atoms with Crippen molar-refractivity contribution < 1.29 is 14.7 Å². The SMILES string of the molecule is CCCC1CCC(C(=O)O)(N(C=O)C2CC2)CC1. The predicted octanol–water partition coefficient (Wildman–Crippen LogP) is 2.42. The van der Waals surface area contributed by atoms with Crippen LogP contribution in [0, 0.1) is 5.92 Å². The maximum absolute atomic E-state index is 11.7. The van der Waals surface area contributed by atoms with E-state index in [1.807, 2.05) is 0 Å². The zero-order valence-electron chi connectivity index (χ0n) is 11.1. The average molecular weight is 253 g/mol.